The second-order valence-corrected chi connectivity index (χ2v) is 6.23. The van der Waals surface area contributed by atoms with E-state index in [1.54, 1.807) is 29.8 Å². The number of nitrogens with one attached hydrogen (secondary N) is 1. The molecule has 0 saturated carbocycles. The number of hydrogen-bond donors (Lipinski definition) is 1. The first-order valence-electron chi connectivity index (χ1n) is 6.65. The van der Waals surface area contributed by atoms with Gasteiger partial charge in [0.25, 0.3) is 0 Å². The van der Waals surface area contributed by atoms with E-state index in [4.69, 9.17) is 16.3 Å². The van der Waals surface area contributed by atoms with Crippen LogP contribution in [0.25, 0.3) is 10.1 Å². The average Bonchev–Trinajstić information content (AvgIpc) is 2.83. The number of benzene rings is 1. The minimum absolute atomic E-state index is 0.517. The van der Waals surface area contributed by atoms with Crippen molar-refractivity contribution in [3.63, 3.8) is 0 Å². The van der Waals surface area contributed by atoms with E-state index in [2.05, 4.69) is 34.6 Å². The molecule has 0 atom stereocenters. The molecule has 21 heavy (non-hydrogen) atoms. The van der Waals surface area contributed by atoms with E-state index >= 15 is 0 Å². The summed E-state index contributed by atoms with van der Waals surface area (Å²) in [6.45, 7) is 1.36. The van der Waals surface area contributed by atoms with Crippen molar-refractivity contribution < 1.29 is 4.74 Å². The maximum Gasteiger partial charge on any atom is 0.139 e. The van der Waals surface area contributed by atoms with Crippen molar-refractivity contribution in [1.29, 1.82) is 0 Å². The van der Waals surface area contributed by atoms with Crippen LogP contribution in [0.1, 0.15) is 10.4 Å². The first-order chi connectivity index (χ1) is 10.3. The molecule has 0 aliphatic carbocycles. The fourth-order valence-corrected chi connectivity index (χ4v) is 3.62. The summed E-state index contributed by atoms with van der Waals surface area (Å²) < 4.78 is 7.14. The standard InChI is InChI=1S/C16H15ClN2OS/c1-18-9-16-14(13-4-2-3-5-15(13)21-16)10-20-12-6-11(17)7-19-8-12/h2-8,18H,9-10H2,1H3. The molecule has 0 unspecified atom stereocenters. The number of ether oxygens (including phenoxy) is 1. The lowest BCUT2D eigenvalue weighted by molar-refractivity contribution is 0.305. The third-order valence-corrected chi connectivity index (χ3v) is 4.60. The highest BCUT2D eigenvalue weighted by Gasteiger charge is 2.12. The zero-order chi connectivity index (χ0) is 14.7. The van der Waals surface area contributed by atoms with Gasteiger partial charge in [0.2, 0.25) is 0 Å². The Morgan fingerprint density at radius 3 is 2.95 bits per heavy atom. The van der Waals surface area contributed by atoms with Crippen molar-refractivity contribution in [1.82, 2.24) is 10.3 Å². The third kappa shape index (κ3) is 3.18. The number of nitrogens with zero attached hydrogens (tertiary/aromatic N) is 1. The highest BCUT2D eigenvalue weighted by atomic mass is 35.5. The summed E-state index contributed by atoms with van der Waals surface area (Å²) in [5.41, 5.74) is 1.23. The Bertz CT molecular complexity index is 757. The van der Waals surface area contributed by atoms with Crippen LogP contribution in [0.5, 0.6) is 5.75 Å². The molecule has 1 N–H and O–H groups in total. The number of thiophene rings is 1. The van der Waals surface area contributed by atoms with Gasteiger partial charge in [0, 0.05) is 33.9 Å². The first kappa shape index (κ1) is 14.3. The lowest BCUT2D eigenvalue weighted by atomic mass is 10.1. The predicted molar refractivity (Wildman–Crippen MR) is 88.2 cm³/mol. The van der Waals surface area contributed by atoms with Gasteiger partial charge in [-0.25, -0.2) is 0 Å². The normalized spacial score (nSPS) is 11.0. The van der Waals surface area contributed by atoms with Gasteiger partial charge in [-0.05, 0) is 18.5 Å². The van der Waals surface area contributed by atoms with Gasteiger partial charge >= 0.3 is 0 Å². The Kier molecular flexibility index (Phi) is 4.39. The molecule has 0 spiro atoms. The fourth-order valence-electron chi connectivity index (χ4n) is 2.24. The largest absolute Gasteiger partial charge is 0.487 e. The molecule has 3 rings (SSSR count). The van der Waals surface area contributed by atoms with Crippen LogP contribution in [-0.2, 0) is 13.2 Å². The van der Waals surface area contributed by atoms with Gasteiger partial charge < -0.3 is 10.1 Å². The second kappa shape index (κ2) is 6.43. The van der Waals surface area contributed by atoms with Crippen molar-refractivity contribution in [2.24, 2.45) is 0 Å². The van der Waals surface area contributed by atoms with E-state index in [0.29, 0.717) is 17.4 Å². The predicted octanol–water partition coefficient (Wildman–Crippen LogP) is 4.25. The summed E-state index contributed by atoms with van der Waals surface area (Å²) in [5.74, 6) is 0.688. The minimum Gasteiger partial charge on any atom is -0.487 e. The van der Waals surface area contributed by atoms with Gasteiger partial charge in [-0.2, -0.15) is 0 Å². The average molecular weight is 319 g/mol. The highest BCUT2D eigenvalue weighted by molar-refractivity contribution is 7.19. The number of halogens is 1. The Hall–Kier alpha value is -1.62. The van der Waals surface area contributed by atoms with E-state index in [1.807, 2.05) is 7.05 Å². The molecule has 0 amide bonds. The summed E-state index contributed by atoms with van der Waals surface area (Å²) in [6.07, 6.45) is 3.28. The van der Waals surface area contributed by atoms with E-state index < -0.39 is 0 Å². The smallest absolute Gasteiger partial charge is 0.139 e. The molecule has 0 aliphatic heterocycles. The summed E-state index contributed by atoms with van der Waals surface area (Å²) in [5, 5.41) is 5.05. The molecule has 0 aliphatic rings. The maximum atomic E-state index is 5.93. The summed E-state index contributed by atoms with van der Waals surface area (Å²) in [6, 6.07) is 10.2. The van der Waals surface area contributed by atoms with Crippen LogP contribution in [0.4, 0.5) is 0 Å². The van der Waals surface area contributed by atoms with Crippen LogP contribution in [-0.4, -0.2) is 12.0 Å². The lowest BCUT2D eigenvalue weighted by Crippen LogP contribution is -2.06. The monoisotopic (exact) mass is 318 g/mol. The molecular weight excluding hydrogens is 304 g/mol. The van der Waals surface area contributed by atoms with Crippen molar-refractivity contribution in [3.8, 4) is 5.75 Å². The molecule has 108 valence electrons. The maximum absolute atomic E-state index is 5.93. The molecule has 0 radical (unpaired) electrons. The van der Waals surface area contributed by atoms with Crippen LogP contribution in [0.15, 0.2) is 42.7 Å². The molecule has 2 heterocycles. The summed E-state index contributed by atoms with van der Waals surface area (Å²) in [4.78, 5) is 5.34. The van der Waals surface area contributed by atoms with Crippen LogP contribution in [0.2, 0.25) is 5.02 Å². The fraction of sp³-hybridized carbons (Fsp3) is 0.188. The van der Waals surface area contributed by atoms with Crippen LogP contribution >= 0.6 is 22.9 Å². The zero-order valence-corrected chi connectivity index (χ0v) is 13.2. The van der Waals surface area contributed by atoms with Crippen LogP contribution in [0.3, 0.4) is 0 Å². The first-order valence-corrected chi connectivity index (χ1v) is 7.84. The molecule has 3 aromatic rings. The molecule has 0 bridgehead atoms. The van der Waals surface area contributed by atoms with Gasteiger partial charge in [0.15, 0.2) is 0 Å². The van der Waals surface area contributed by atoms with Gasteiger partial charge in [0.1, 0.15) is 12.4 Å². The molecule has 5 heteroatoms. The molecule has 1 aromatic carbocycles. The van der Waals surface area contributed by atoms with Gasteiger partial charge in [-0.3, -0.25) is 4.98 Å². The summed E-state index contributed by atoms with van der Waals surface area (Å²) in [7, 11) is 1.95. The quantitative estimate of drug-likeness (QED) is 0.763. The van der Waals surface area contributed by atoms with E-state index in [9.17, 15) is 0 Å². The number of hydrogen-bond acceptors (Lipinski definition) is 4. The number of rotatable bonds is 5. The van der Waals surface area contributed by atoms with Gasteiger partial charge in [0.05, 0.1) is 11.2 Å². The Morgan fingerprint density at radius 1 is 1.29 bits per heavy atom. The number of pyridine rings is 1. The highest BCUT2D eigenvalue weighted by Crippen LogP contribution is 2.32. The van der Waals surface area contributed by atoms with Crippen molar-refractivity contribution >= 4 is 33.0 Å². The molecule has 0 saturated heterocycles. The van der Waals surface area contributed by atoms with Crippen molar-refractivity contribution in [2.45, 2.75) is 13.2 Å². The van der Waals surface area contributed by atoms with E-state index in [-0.39, 0.29) is 0 Å². The molecule has 0 fully saturated rings. The van der Waals surface area contributed by atoms with Crippen molar-refractivity contribution in [2.75, 3.05) is 7.05 Å². The zero-order valence-electron chi connectivity index (χ0n) is 11.6. The summed E-state index contributed by atoms with van der Waals surface area (Å²) >= 11 is 7.73. The van der Waals surface area contributed by atoms with Gasteiger partial charge in [-0.1, -0.05) is 29.8 Å². The topological polar surface area (TPSA) is 34.1 Å². The SMILES string of the molecule is CNCc1sc2ccccc2c1COc1cncc(Cl)c1. The third-order valence-electron chi connectivity index (χ3n) is 3.18. The minimum atomic E-state index is 0.517. The number of fused-ring (bicyclic) bond motifs is 1. The molecular formula is C16H15ClN2OS. The van der Waals surface area contributed by atoms with E-state index in [1.165, 1.54) is 20.5 Å². The Morgan fingerprint density at radius 2 is 2.14 bits per heavy atom. The Labute approximate surface area is 132 Å². The van der Waals surface area contributed by atoms with E-state index in [0.717, 1.165) is 6.54 Å². The van der Waals surface area contributed by atoms with Crippen molar-refractivity contribution in [3.05, 3.63) is 58.2 Å². The number of aromatic nitrogens is 1. The second-order valence-electron chi connectivity index (χ2n) is 4.66. The van der Waals surface area contributed by atoms with Crippen LogP contribution < -0.4 is 10.1 Å². The molecule has 3 nitrogen and oxygen atoms in total. The molecule has 2 aromatic heterocycles. The Balaban J connectivity index is 1.89. The lowest BCUT2D eigenvalue weighted by Gasteiger charge is -2.08. The van der Waals surface area contributed by atoms with Gasteiger partial charge in [-0.15, -0.1) is 11.3 Å². The van der Waals surface area contributed by atoms with Crippen LogP contribution in [0, 0.1) is 0 Å².